The number of carbonyl (C=O) groups is 1. The molecule has 0 radical (unpaired) electrons. The molecule has 1 N–H and O–H groups in total. The molecule has 32 heavy (non-hydrogen) atoms. The van der Waals surface area contributed by atoms with Crippen LogP contribution in [0.3, 0.4) is 0 Å². The Balaban J connectivity index is 1.57. The van der Waals surface area contributed by atoms with E-state index >= 15 is 0 Å². The van der Waals surface area contributed by atoms with E-state index in [4.69, 9.17) is 0 Å². The van der Waals surface area contributed by atoms with Crippen LogP contribution < -0.4 is 0 Å². The van der Waals surface area contributed by atoms with Crippen molar-refractivity contribution in [2.75, 3.05) is 0 Å². The Bertz CT molecular complexity index is 838. The van der Waals surface area contributed by atoms with Crippen LogP contribution in [0.4, 0.5) is 0 Å². The lowest BCUT2D eigenvalue weighted by Gasteiger charge is -2.70. The summed E-state index contributed by atoms with van der Waals surface area (Å²) < 4.78 is 0. The van der Waals surface area contributed by atoms with Crippen molar-refractivity contribution < 1.29 is 9.90 Å². The van der Waals surface area contributed by atoms with Crippen LogP contribution in [0, 0.1) is 50.2 Å². The Kier molecular flexibility index (Phi) is 4.87. The van der Waals surface area contributed by atoms with Crippen LogP contribution in [0.15, 0.2) is 11.6 Å². The fourth-order valence-corrected chi connectivity index (χ4v) is 10.8. The molecule has 4 saturated carbocycles. The number of aldehydes is 1. The predicted octanol–water partition coefficient (Wildman–Crippen LogP) is 7.35. The summed E-state index contributed by atoms with van der Waals surface area (Å²) in [5, 5.41) is 10.9. The number of aliphatic hydroxyl groups excluding tert-OH is 1. The first-order valence-electron chi connectivity index (χ1n) is 13.6. The second kappa shape index (κ2) is 6.73. The summed E-state index contributed by atoms with van der Waals surface area (Å²) in [5.41, 5.74) is 2.66. The molecule has 0 saturated heterocycles. The fraction of sp³-hybridized carbons (Fsp3) is 0.900. The van der Waals surface area contributed by atoms with Crippen molar-refractivity contribution in [2.24, 2.45) is 50.2 Å². The van der Waals surface area contributed by atoms with E-state index in [0.29, 0.717) is 28.6 Å². The van der Waals surface area contributed by atoms with Gasteiger partial charge in [0.1, 0.15) is 6.29 Å². The van der Waals surface area contributed by atoms with Gasteiger partial charge >= 0.3 is 0 Å². The molecule has 8 unspecified atom stereocenters. The third kappa shape index (κ3) is 2.77. The monoisotopic (exact) mass is 440 g/mol. The van der Waals surface area contributed by atoms with E-state index in [9.17, 15) is 9.90 Å². The van der Waals surface area contributed by atoms with Gasteiger partial charge in [-0.15, -0.1) is 0 Å². The summed E-state index contributed by atoms with van der Waals surface area (Å²) in [4.78, 5) is 12.6. The molecule has 4 fully saturated rings. The molecule has 0 aromatic heterocycles. The van der Waals surface area contributed by atoms with Crippen LogP contribution in [0.5, 0.6) is 0 Å². The maximum atomic E-state index is 12.6. The van der Waals surface area contributed by atoms with Gasteiger partial charge in [-0.2, -0.15) is 0 Å². The summed E-state index contributed by atoms with van der Waals surface area (Å²) in [6.07, 6.45) is 15.3. The largest absolute Gasteiger partial charge is 0.393 e. The van der Waals surface area contributed by atoms with E-state index in [1.54, 1.807) is 5.57 Å². The van der Waals surface area contributed by atoms with Crippen molar-refractivity contribution in [3.8, 4) is 0 Å². The molecule has 8 atom stereocenters. The second-order valence-corrected chi connectivity index (χ2v) is 15.0. The number of hydrogen-bond donors (Lipinski definition) is 1. The standard InChI is InChI=1S/C30H48O2/c1-25(2)16-17-30(19-31)15-10-22-28(6)12-8-20-26(3,4)24(32)11-14-27(20,5)21(28)9-13-29(22,7)23(30)18-25/h10,19-21,23-24,32H,8-9,11-18H2,1-7H3. The van der Waals surface area contributed by atoms with Gasteiger partial charge in [0, 0.05) is 5.41 Å². The van der Waals surface area contributed by atoms with Gasteiger partial charge in [0.15, 0.2) is 0 Å². The van der Waals surface area contributed by atoms with Crippen LogP contribution in [0.1, 0.15) is 113 Å². The van der Waals surface area contributed by atoms with Crippen LogP contribution in [0.25, 0.3) is 0 Å². The molecular weight excluding hydrogens is 392 g/mol. The number of aliphatic hydroxyl groups is 1. The average molecular weight is 441 g/mol. The zero-order valence-corrected chi connectivity index (χ0v) is 21.9. The zero-order valence-electron chi connectivity index (χ0n) is 21.9. The molecule has 0 aromatic rings. The maximum absolute atomic E-state index is 12.6. The van der Waals surface area contributed by atoms with E-state index in [1.807, 2.05) is 0 Å². The second-order valence-electron chi connectivity index (χ2n) is 15.0. The van der Waals surface area contributed by atoms with Gasteiger partial charge in [-0.25, -0.2) is 0 Å². The number of hydrogen-bond acceptors (Lipinski definition) is 2. The number of fused-ring (bicyclic) bond motifs is 7. The van der Waals surface area contributed by atoms with Crippen molar-refractivity contribution in [3.63, 3.8) is 0 Å². The number of rotatable bonds is 1. The molecule has 2 nitrogen and oxygen atoms in total. The van der Waals surface area contributed by atoms with Crippen LogP contribution in [-0.2, 0) is 4.79 Å². The summed E-state index contributed by atoms with van der Waals surface area (Å²) in [5.74, 6) is 1.79. The lowest BCUT2D eigenvalue weighted by Crippen LogP contribution is -2.63. The molecular formula is C30H48O2. The summed E-state index contributed by atoms with van der Waals surface area (Å²) in [6.45, 7) is 17.2. The molecule has 0 spiro atoms. The van der Waals surface area contributed by atoms with E-state index < -0.39 is 0 Å². The highest BCUT2D eigenvalue weighted by Gasteiger charge is 2.67. The Morgan fingerprint density at radius 3 is 2.09 bits per heavy atom. The first-order valence-corrected chi connectivity index (χ1v) is 13.6. The van der Waals surface area contributed by atoms with Gasteiger partial charge in [-0.1, -0.05) is 60.1 Å². The van der Waals surface area contributed by atoms with Gasteiger partial charge in [-0.3, -0.25) is 0 Å². The average Bonchev–Trinajstić information content (AvgIpc) is 2.71. The third-order valence-electron chi connectivity index (χ3n) is 12.6. The van der Waals surface area contributed by atoms with Crippen molar-refractivity contribution in [1.82, 2.24) is 0 Å². The van der Waals surface area contributed by atoms with Crippen LogP contribution in [0.2, 0.25) is 0 Å². The molecule has 5 rings (SSSR count). The SMILES string of the molecule is CC1(C)CCC2(C=O)CC=C3C(C)(CCC4C3(C)CCC3C(C)(C)C(O)CCC43C)C2C1. The lowest BCUT2D eigenvalue weighted by atomic mass is 9.34. The molecule has 2 heteroatoms. The topological polar surface area (TPSA) is 37.3 Å². The Hall–Kier alpha value is -0.630. The Morgan fingerprint density at radius 2 is 1.44 bits per heavy atom. The highest BCUT2D eigenvalue weighted by atomic mass is 16.3. The van der Waals surface area contributed by atoms with Gasteiger partial charge in [0.05, 0.1) is 6.10 Å². The molecule has 5 aliphatic carbocycles. The molecule has 5 aliphatic rings. The van der Waals surface area contributed by atoms with Crippen molar-refractivity contribution >= 4 is 6.29 Å². The van der Waals surface area contributed by atoms with Crippen LogP contribution in [-0.4, -0.2) is 17.5 Å². The third-order valence-corrected chi connectivity index (χ3v) is 12.6. The molecule has 0 heterocycles. The summed E-state index contributed by atoms with van der Waals surface area (Å²) in [6, 6.07) is 0. The molecule has 0 bridgehead atoms. The van der Waals surface area contributed by atoms with Crippen molar-refractivity contribution in [3.05, 3.63) is 11.6 Å². The summed E-state index contributed by atoms with van der Waals surface area (Å²) in [7, 11) is 0. The molecule has 180 valence electrons. The van der Waals surface area contributed by atoms with E-state index in [-0.39, 0.29) is 27.8 Å². The fourth-order valence-electron chi connectivity index (χ4n) is 10.8. The minimum Gasteiger partial charge on any atom is -0.393 e. The minimum absolute atomic E-state index is 0.0100. The minimum atomic E-state index is -0.162. The van der Waals surface area contributed by atoms with Crippen molar-refractivity contribution in [2.45, 2.75) is 119 Å². The van der Waals surface area contributed by atoms with Gasteiger partial charge in [-0.05, 0) is 109 Å². The molecule has 0 amide bonds. The van der Waals surface area contributed by atoms with Gasteiger partial charge in [0.25, 0.3) is 0 Å². The Labute approximate surface area is 197 Å². The first kappa shape index (κ1) is 23.1. The number of allylic oxidation sites excluding steroid dienone is 2. The molecule has 0 aromatic carbocycles. The van der Waals surface area contributed by atoms with Crippen molar-refractivity contribution in [1.29, 1.82) is 0 Å². The van der Waals surface area contributed by atoms with Crippen LogP contribution >= 0.6 is 0 Å². The number of carbonyl (C=O) groups excluding carboxylic acids is 1. The zero-order chi connectivity index (χ0) is 23.4. The highest BCUT2D eigenvalue weighted by molar-refractivity contribution is 5.63. The van der Waals surface area contributed by atoms with E-state index in [2.05, 4.69) is 54.5 Å². The quantitative estimate of drug-likeness (QED) is 0.342. The normalized spacial score (nSPS) is 53.7. The Morgan fingerprint density at radius 1 is 0.812 bits per heavy atom. The first-order chi connectivity index (χ1) is 14.8. The van der Waals surface area contributed by atoms with Gasteiger partial charge < -0.3 is 9.90 Å². The molecule has 0 aliphatic heterocycles. The van der Waals surface area contributed by atoms with Gasteiger partial charge in [0.2, 0.25) is 0 Å². The predicted molar refractivity (Wildman–Crippen MR) is 131 cm³/mol. The smallest absolute Gasteiger partial charge is 0.126 e. The highest BCUT2D eigenvalue weighted by Crippen LogP contribution is 2.74. The summed E-state index contributed by atoms with van der Waals surface area (Å²) >= 11 is 0. The van der Waals surface area contributed by atoms with E-state index in [1.165, 1.54) is 51.2 Å². The lowest BCUT2D eigenvalue weighted by molar-refractivity contribution is -0.184. The maximum Gasteiger partial charge on any atom is 0.126 e. The van der Waals surface area contributed by atoms with E-state index in [0.717, 1.165) is 19.3 Å².